The fraction of sp³-hybridized carbons (Fsp3) is 0.130. The van der Waals surface area contributed by atoms with Gasteiger partial charge in [0.15, 0.2) is 6.61 Å². The molecule has 0 bridgehead atoms. The monoisotopic (exact) mass is 390 g/mol. The Labute approximate surface area is 169 Å². The first-order valence-electron chi connectivity index (χ1n) is 9.13. The first-order chi connectivity index (χ1) is 14.2. The van der Waals surface area contributed by atoms with Crippen molar-refractivity contribution >= 4 is 11.8 Å². The highest BCUT2D eigenvalue weighted by Crippen LogP contribution is 2.24. The number of ether oxygens (including phenoxy) is 2. The van der Waals surface area contributed by atoms with Gasteiger partial charge in [-0.3, -0.25) is 20.4 Å². The Hall–Kier alpha value is -3.80. The number of benzene rings is 3. The highest BCUT2D eigenvalue weighted by Gasteiger charge is 2.22. The van der Waals surface area contributed by atoms with E-state index in [0.717, 1.165) is 11.1 Å². The van der Waals surface area contributed by atoms with E-state index in [1.165, 1.54) is 0 Å². The van der Waals surface area contributed by atoms with Gasteiger partial charge in [0.05, 0.1) is 13.0 Å². The molecule has 0 aliphatic carbocycles. The van der Waals surface area contributed by atoms with E-state index in [2.05, 4.69) is 10.9 Å². The van der Waals surface area contributed by atoms with Gasteiger partial charge in [-0.2, -0.15) is 0 Å². The zero-order chi connectivity index (χ0) is 20.5. The molecule has 0 aliphatic rings. The van der Waals surface area contributed by atoms with Gasteiger partial charge in [-0.05, 0) is 23.3 Å². The van der Waals surface area contributed by atoms with Crippen LogP contribution in [0.2, 0.25) is 0 Å². The lowest BCUT2D eigenvalue weighted by Crippen LogP contribution is -2.46. The molecule has 0 radical (unpaired) electrons. The van der Waals surface area contributed by atoms with E-state index in [1.807, 2.05) is 60.7 Å². The summed E-state index contributed by atoms with van der Waals surface area (Å²) in [6, 6.07) is 25.7. The van der Waals surface area contributed by atoms with Crippen LogP contribution < -0.4 is 20.3 Å². The summed E-state index contributed by atoms with van der Waals surface area (Å²) in [4.78, 5) is 24.9. The molecule has 2 amide bonds. The SMILES string of the molecule is COc1cccc(OCC(=O)NNC(=O)C(c2ccccc2)c2ccccc2)c1. The summed E-state index contributed by atoms with van der Waals surface area (Å²) in [7, 11) is 1.55. The summed E-state index contributed by atoms with van der Waals surface area (Å²) in [6.07, 6.45) is 0. The van der Waals surface area contributed by atoms with Crippen molar-refractivity contribution in [3.63, 3.8) is 0 Å². The number of hydrazine groups is 1. The lowest BCUT2D eigenvalue weighted by molar-refractivity contribution is -0.130. The molecule has 0 unspecified atom stereocenters. The molecule has 3 aromatic carbocycles. The summed E-state index contributed by atoms with van der Waals surface area (Å²) in [6.45, 7) is -0.241. The number of carbonyl (C=O) groups is 2. The van der Waals surface area contributed by atoms with Gasteiger partial charge in [-0.15, -0.1) is 0 Å². The number of amides is 2. The Kier molecular flexibility index (Phi) is 6.84. The fourth-order valence-corrected chi connectivity index (χ4v) is 2.87. The molecule has 0 saturated carbocycles. The predicted octanol–water partition coefficient (Wildman–Crippen LogP) is 3.05. The predicted molar refractivity (Wildman–Crippen MR) is 110 cm³/mol. The van der Waals surface area contributed by atoms with E-state index < -0.39 is 11.8 Å². The van der Waals surface area contributed by atoms with Gasteiger partial charge >= 0.3 is 0 Å². The second kappa shape index (κ2) is 9.94. The summed E-state index contributed by atoms with van der Waals surface area (Å²) in [5.74, 6) is -0.225. The van der Waals surface area contributed by atoms with Crippen molar-refractivity contribution in [2.24, 2.45) is 0 Å². The molecule has 6 nitrogen and oxygen atoms in total. The van der Waals surface area contributed by atoms with Crippen LogP contribution in [0.25, 0.3) is 0 Å². The lowest BCUT2D eigenvalue weighted by atomic mass is 9.91. The maximum Gasteiger partial charge on any atom is 0.276 e. The Balaban J connectivity index is 1.60. The molecule has 3 aromatic rings. The highest BCUT2D eigenvalue weighted by molar-refractivity contribution is 5.89. The molecule has 0 spiro atoms. The molecule has 0 saturated heterocycles. The lowest BCUT2D eigenvalue weighted by Gasteiger charge is -2.18. The van der Waals surface area contributed by atoms with E-state index in [-0.39, 0.29) is 12.5 Å². The third-order valence-electron chi connectivity index (χ3n) is 4.26. The zero-order valence-corrected chi connectivity index (χ0v) is 16.0. The maximum absolute atomic E-state index is 12.8. The minimum Gasteiger partial charge on any atom is -0.497 e. The third-order valence-corrected chi connectivity index (χ3v) is 4.26. The molecular formula is C23H22N2O4. The van der Waals surface area contributed by atoms with Gasteiger partial charge in [0, 0.05) is 6.07 Å². The topological polar surface area (TPSA) is 76.7 Å². The standard InChI is InChI=1S/C23H22N2O4/c1-28-19-13-8-14-20(15-19)29-16-21(26)24-25-23(27)22(17-9-4-2-5-10-17)18-11-6-3-7-12-18/h2-15,22H,16H2,1H3,(H,24,26)(H,25,27). The number of nitrogens with one attached hydrogen (secondary N) is 2. The molecule has 0 fully saturated rings. The Morgan fingerprint density at radius 2 is 1.38 bits per heavy atom. The average Bonchev–Trinajstić information content (AvgIpc) is 2.78. The molecular weight excluding hydrogens is 368 g/mol. The summed E-state index contributed by atoms with van der Waals surface area (Å²) >= 11 is 0. The van der Waals surface area contributed by atoms with Gasteiger partial charge in [0.1, 0.15) is 11.5 Å². The van der Waals surface area contributed by atoms with Crippen LogP contribution in [0.1, 0.15) is 17.0 Å². The van der Waals surface area contributed by atoms with Gasteiger partial charge in [-0.1, -0.05) is 66.7 Å². The van der Waals surface area contributed by atoms with Crippen LogP contribution in [-0.4, -0.2) is 25.5 Å². The molecule has 0 heterocycles. The minimum absolute atomic E-state index is 0.241. The number of methoxy groups -OCH3 is 1. The normalized spacial score (nSPS) is 10.3. The number of hydrogen-bond acceptors (Lipinski definition) is 4. The third kappa shape index (κ3) is 5.59. The summed E-state index contributed by atoms with van der Waals surface area (Å²) in [5.41, 5.74) is 6.56. The van der Waals surface area contributed by atoms with Gasteiger partial charge in [0.2, 0.25) is 5.91 Å². The minimum atomic E-state index is -0.544. The first-order valence-corrected chi connectivity index (χ1v) is 9.13. The van der Waals surface area contributed by atoms with Gasteiger partial charge in [-0.25, -0.2) is 0 Å². The van der Waals surface area contributed by atoms with Crippen LogP contribution in [0.5, 0.6) is 11.5 Å². The maximum atomic E-state index is 12.8. The fourth-order valence-electron chi connectivity index (χ4n) is 2.87. The van der Waals surface area contributed by atoms with Crippen molar-refractivity contribution in [2.45, 2.75) is 5.92 Å². The summed E-state index contributed by atoms with van der Waals surface area (Å²) in [5, 5.41) is 0. The van der Waals surface area contributed by atoms with Crippen LogP contribution in [0.4, 0.5) is 0 Å². The molecule has 0 aromatic heterocycles. The van der Waals surface area contributed by atoms with E-state index in [4.69, 9.17) is 9.47 Å². The Morgan fingerprint density at radius 3 is 1.97 bits per heavy atom. The van der Waals surface area contributed by atoms with E-state index in [9.17, 15) is 9.59 Å². The molecule has 3 rings (SSSR count). The average molecular weight is 390 g/mol. The van der Waals surface area contributed by atoms with Crippen molar-refractivity contribution in [3.05, 3.63) is 96.1 Å². The number of hydrogen-bond donors (Lipinski definition) is 2. The zero-order valence-electron chi connectivity index (χ0n) is 16.0. The molecule has 6 heteroatoms. The van der Waals surface area contributed by atoms with Gasteiger partial charge in [0.25, 0.3) is 5.91 Å². The van der Waals surface area contributed by atoms with Crippen LogP contribution >= 0.6 is 0 Å². The highest BCUT2D eigenvalue weighted by atomic mass is 16.5. The Bertz CT molecular complexity index is 906. The largest absolute Gasteiger partial charge is 0.497 e. The molecule has 29 heavy (non-hydrogen) atoms. The second-order valence-corrected chi connectivity index (χ2v) is 6.26. The van der Waals surface area contributed by atoms with E-state index in [1.54, 1.807) is 31.4 Å². The van der Waals surface area contributed by atoms with Gasteiger partial charge < -0.3 is 9.47 Å². The number of carbonyl (C=O) groups excluding carboxylic acids is 2. The first kappa shape index (κ1) is 19.9. The summed E-state index contributed by atoms with van der Waals surface area (Å²) < 4.78 is 10.5. The van der Waals surface area contributed by atoms with Crippen molar-refractivity contribution in [3.8, 4) is 11.5 Å². The van der Waals surface area contributed by atoms with Crippen LogP contribution in [-0.2, 0) is 9.59 Å². The quantitative estimate of drug-likeness (QED) is 0.608. The molecule has 0 atom stereocenters. The van der Waals surface area contributed by atoms with Crippen molar-refractivity contribution in [1.82, 2.24) is 10.9 Å². The van der Waals surface area contributed by atoms with Crippen LogP contribution in [0.15, 0.2) is 84.9 Å². The molecule has 2 N–H and O–H groups in total. The number of rotatable bonds is 7. The van der Waals surface area contributed by atoms with Crippen molar-refractivity contribution < 1.29 is 19.1 Å². The van der Waals surface area contributed by atoms with Crippen LogP contribution in [0, 0.1) is 0 Å². The van der Waals surface area contributed by atoms with E-state index >= 15 is 0 Å². The molecule has 148 valence electrons. The Morgan fingerprint density at radius 1 is 0.793 bits per heavy atom. The van der Waals surface area contributed by atoms with Crippen molar-refractivity contribution in [2.75, 3.05) is 13.7 Å². The smallest absolute Gasteiger partial charge is 0.276 e. The molecule has 0 aliphatic heterocycles. The second-order valence-electron chi connectivity index (χ2n) is 6.26. The van der Waals surface area contributed by atoms with Crippen molar-refractivity contribution in [1.29, 1.82) is 0 Å². The van der Waals surface area contributed by atoms with Crippen LogP contribution in [0.3, 0.4) is 0 Å². The van der Waals surface area contributed by atoms with E-state index in [0.29, 0.717) is 11.5 Å².